The van der Waals surface area contributed by atoms with Crippen LogP contribution in [-0.2, 0) is 6.42 Å². The second kappa shape index (κ2) is 4.89. The Labute approximate surface area is 92.7 Å². The lowest BCUT2D eigenvalue weighted by atomic mass is 10.2. The minimum atomic E-state index is 0.152. The van der Waals surface area contributed by atoms with Crippen molar-refractivity contribution in [3.8, 4) is 6.07 Å². The van der Waals surface area contributed by atoms with E-state index in [-0.39, 0.29) is 4.99 Å². The number of nitrogens with zero attached hydrogens (tertiary/aromatic N) is 1. The Balaban J connectivity index is 2.96. The van der Waals surface area contributed by atoms with Gasteiger partial charge in [-0.15, -0.1) is 11.3 Å². The molecule has 1 aromatic rings. The minimum Gasteiger partial charge on any atom is -0.389 e. The maximum atomic E-state index is 8.74. The van der Waals surface area contributed by atoms with Gasteiger partial charge in [-0.1, -0.05) is 19.1 Å². The fourth-order valence-electron chi connectivity index (χ4n) is 0.963. The van der Waals surface area contributed by atoms with E-state index < -0.39 is 0 Å². The van der Waals surface area contributed by atoms with E-state index in [0.717, 1.165) is 11.3 Å². The zero-order valence-electron chi connectivity index (χ0n) is 7.78. The van der Waals surface area contributed by atoms with Crippen molar-refractivity contribution in [3.05, 3.63) is 27.5 Å². The van der Waals surface area contributed by atoms with Gasteiger partial charge < -0.3 is 5.73 Å². The van der Waals surface area contributed by atoms with Crippen LogP contribution in [0.2, 0.25) is 0 Å². The van der Waals surface area contributed by atoms with Crippen LogP contribution in [0.25, 0.3) is 6.08 Å². The molecule has 0 unspecified atom stereocenters. The molecule has 4 heteroatoms. The molecule has 72 valence electrons. The first-order valence-electron chi connectivity index (χ1n) is 4.17. The van der Waals surface area contributed by atoms with Crippen molar-refractivity contribution in [2.75, 3.05) is 0 Å². The monoisotopic (exact) mass is 222 g/mol. The smallest absolute Gasteiger partial charge is 0.114 e. The summed E-state index contributed by atoms with van der Waals surface area (Å²) in [5.41, 5.74) is 5.74. The van der Waals surface area contributed by atoms with Crippen LogP contribution in [-0.4, -0.2) is 4.99 Å². The summed E-state index contributed by atoms with van der Waals surface area (Å²) in [5.74, 6) is 0. The van der Waals surface area contributed by atoms with E-state index in [2.05, 4.69) is 6.92 Å². The third-order valence-electron chi connectivity index (χ3n) is 1.70. The molecular formula is C10H10N2S2. The van der Waals surface area contributed by atoms with Crippen molar-refractivity contribution in [2.45, 2.75) is 13.3 Å². The van der Waals surface area contributed by atoms with Crippen LogP contribution in [0.4, 0.5) is 0 Å². The summed E-state index contributed by atoms with van der Waals surface area (Å²) in [5, 5.41) is 8.74. The van der Waals surface area contributed by atoms with Gasteiger partial charge in [-0.05, 0) is 24.6 Å². The van der Waals surface area contributed by atoms with Crippen LogP contribution in [0.5, 0.6) is 0 Å². The molecule has 0 aliphatic rings. The normalized spacial score (nSPS) is 11.0. The molecule has 14 heavy (non-hydrogen) atoms. The number of nitriles is 1. The predicted octanol–water partition coefficient (Wildman–Crippen LogP) is 2.50. The van der Waals surface area contributed by atoms with Gasteiger partial charge in [0, 0.05) is 9.75 Å². The third-order valence-corrected chi connectivity index (χ3v) is 3.10. The van der Waals surface area contributed by atoms with Gasteiger partial charge in [0.1, 0.15) is 11.1 Å². The van der Waals surface area contributed by atoms with Crippen molar-refractivity contribution < 1.29 is 0 Å². The molecule has 0 spiro atoms. The van der Waals surface area contributed by atoms with Crippen LogP contribution in [0.3, 0.4) is 0 Å². The number of thiocarbonyl (C=S) groups is 1. The number of aryl methyl sites for hydroxylation is 1. The Hall–Kier alpha value is -1.18. The van der Waals surface area contributed by atoms with Gasteiger partial charge in [-0.3, -0.25) is 0 Å². The van der Waals surface area contributed by atoms with Crippen LogP contribution in [0.15, 0.2) is 17.7 Å². The van der Waals surface area contributed by atoms with E-state index >= 15 is 0 Å². The Kier molecular flexibility index (Phi) is 3.81. The Morgan fingerprint density at radius 1 is 1.71 bits per heavy atom. The zero-order chi connectivity index (χ0) is 10.6. The molecule has 0 fully saturated rings. The first-order chi connectivity index (χ1) is 6.67. The molecule has 0 radical (unpaired) electrons. The molecule has 0 saturated carbocycles. The maximum Gasteiger partial charge on any atom is 0.114 e. The molecule has 0 atom stereocenters. The topological polar surface area (TPSA) is 49.8 Å². The first-order valence-corrected chi connectivity index (χ1v) is 5.40. The quantitative estimate of drug-likeness (QED) is 0.485. The summed E-state index contributed by atoms with van der Waals surface area (Å²) < 4.78 is 0. The fraction of sp³-hybridized carbons (Fsp3) is 0.200. The number of thiophene rings is 1. The van der Waals surface area contributed by atoms with Gasteiger partial charge in [0.05, 0.1) is 5.57 Å². The molecule has 1 heterocycles. The molecule has 2 N–H and O–H groups in total. The Morgan fingerprint density at radius 2 is 2.43 bits per heavy atom. The van der Waals surface area contributed by atoms with Crippen LogP contribution in [0, 0.1) is 11.3 Å². The molecule has 0 saturated heterocycles. The summed E-state index contributed by atoms with van der Waals surface area (Å²) in [6.07, 6.45) is 2.74. The second-order valence-electron chi connectivity index (χ2n) is 2.69. The first kappa shape index (κ1) is 10.9. The lowest BCUT2D eigenvalue weighted by Crippen LogP contribution is -2.09. The summed E-state index contributed by atoms with van der Waals surface area (Å²) in [6, 6.07) is 6.00. The van der Waals surface area contributed by atoms with Crippen molar-refractivity contribution in [2.24, 2.45) is 5.73 Å². The second-order valence-corrected chi connectivity index (χ2v) is 4.33. The summed E-state index contributed by atoms with van der Waals surface area (Å²) >= 11 is 6.39. The highest BCUT2D eigenvalue weighted by Gasteiger charge is 2.01. The number of hydrogen-bond acceptors (Lipinski definition) is 3. The maximum absolute atomic E-state index is 8.74. The lowest BCUT2D eigenvalue weighted by molar-refractivity contribution is 1.19. The number of rotatable bonds is 3. The molecule has 0 amide bonds. The van der Waals surface area contributed by atoms with Crippen molar-refractivity contribution in [1.29, 1.82) is 5.26 Å². The van der Waals surface area contributed by atoms with Crippen molar-refractivity contribution in [1.82, 2.24) is 0 Å². The molecular weight excluding hydrogens is 212 g/mol. The molecule has 2 nitrogen and oxygen atoms in total. The summed E-state index contributed by atoms with van der Waals surface area (Å²) in [4.78, 5) is 2.46. The average molecular weight is 222 g/mol. The number of hydrogen-bond donors (Lipinski definition) is 1. The highest BCUT2D eigenvalue weighted by Crippen LogP contribution is 2.19. The molecule has 0 aliphatic heterocycles. The molecule has 1 rings (SSSR count). The van der Waals surface area contributed by atoms with Gasteiger partial charge in [0.2, 0.25) is 0 Å². The van der Waals surface area contributed by atoms with E-state index in [0.29, 0.717) is 5.57 Å². The van der Waals surface area contributed by atoms with E-state index in [4.69, 9.17) is 23.2 Å². The van der Waals surface area contributed by atoms with E-state index in [1.165, 1.54) is 4.88 Å². The fourth-order valence-corrected chi connectivity index (χ4v) is 1.96. The Morgan fingerprint density at radius 3 is 2.86 bits per heavy atom. The van der Waals surface area contributed by atoms with E-state index in [9.17, 15) is 0 Å². The Bertz CT molecular complexity index is 410. The highest BCUT2D eigenvalue weighted by atomic mass is 32.1. The van der Waals surface area contributed by atoms with Gasteiger partial charge in [0.15, 0.2) is 0 Å². The van der Waals surface area contributed by atoms with Gasteiger partial charge in [0.25, 0.3) is 0 Å². The van der Waals surface area contributed by atoms with Crippen molar-refractivity contribution in [3.63, 3.8) is 0 Å². The summed E-state index contributed by atoms with van der Waals surface area (Å²) in [7, 11) is 0. The SMILES string of the molecule is CCc1ccc(/C=C(\C#N)C(N)=S)s1. The lowest BCUT2D eigenvalue weighted by Gasteiger charge is -1.91. The van der Waals surface area contributed by atoms with Crippen molar-refractivity contribution >= 4 is 34.6 Å². The summed E-state index contributed by atoms with van der Waals surface area (Å²) in [6.45, 7) is 2.10. The molecule has 0 aromatic carbocycles. The van der Waals surface area contributed by atoms with Gasteiger partial charge in [-0.2, -0.15) is 5.26 Å². The van der Waals surface area contributed by atoms with Crippen LogP contribution < -0.4 is 5.73 Å². The molecule has 1 aromatic heterocycles. The standard InChI is InChI=1S/C10H10N2S2/c1-2-8-3-4-9(14-8)5-7(6-11)10(12)13/h3-5H,2H2,1H3,(H2,12,13)/b7-5+. The molecule has 0 aliphatic carbocycles. The number of nitrogens with two attached hydrogens (primary N) is 1. The van der Waals surface area contributed by atoms with Crippen LogP contribution >= 0.6 is 23.6 Å². The minimum absolute atomic E-state index is 0.152. The predicted molar refractivity (Wildman–Crippen MR) is 64.1 cm³/mol. The molecule has 0 bridgehead atoms. The van der Waals surface area contributed by atoms with Gasteiger partial charge in [-0.25, -0.2) is 0 Å². The van der Waals surface area contributed by atoms with Crippen LogP contribution in [0.1, 0.15) is 16.7 Å². The third kappa shape index (κ3) is 2.66. The zero-order valence-corrected chi connectivity index (χ0v) is 9.41. The highest BCUT2D eigenvalue weighted by molar-refractivity contribution is 7.80. The largest absolute Gasteiger partial charge is 0.389 e. The van der Waals surface area contributed by atoms with Gasteiger partial charge >= 0.3 is 0 Å². The van der Waals surface area contributed by atoms with E-state index in [1.54, 1.807) is 17.4 Å². The average Bonchev–Trinajstić information content (AvgIpc) is 2.61. The van der Waals surface area contributed by atoms with E-state index in [1.807, 2.05) is 18.2 Å².